The Balaban J connectivity index is 1.84. The van der Waals surface area contributed by atoms with E-state index in [4.69, 9.17) is 32.7 Å². The number of halogens is 2. The molecule has 1 aromatic carbocycles. The molecule has 1 fully saturated rings. The first-order valence-electron chi connectivity index (χ1n) is 6.52. The van der Waals surface area contributed by atoms with Gasteiger partial charge in [-0.05, 0) is 18.2 Å². The zero-order chi connectivity index (χ0) is 14.4. The predicted molar refractivity (Wildman–Crippen MR) is 79.3 cm³/mol. The minimum Gasteiger partial charge on any atom is -0.491 e. The van der Waals surface area contributed by atoms with Gasteiger partial charge in [0.25, 0.3) is 0 Å². The normalized spacial score (nSPS) is 16.1. The van der Waals surface area contributed by atoms with Crippen LogP contribution in [0.4, 0.5) is 0 Å². The zero-order valence-electron chi connectivity index (χ0n) is 11.1. The first kappa shape index (κ1) is 15.6. The standard InChI is InChI=1S/C14H17Cl2NO3/c15-10-13(18)11-1-2-14(12(16)9-11)20-8-5-17-3-6-19-7-4-17/h1-2,9H,3-8,10H2. The highest BCUT2D eigenvalue weighted by molar-refractivity contribution is 6.33. The Morgan fingerprint density at radius 1 is 1.35 bits per heavy atom. The molecule has 0 N–H and O–H groups in total. The number of rotatable bonds is 6. The Labute approximate surface area is 128 Å². The molecule has 110 valence electrons. The molecule has 0 saturated carbocycles. The summed E-state index contributed by atoms with van der Waals surface area (Å²) in [7, 11) is 0. The molecule has 1 aliphatic rings. The van der Waals surface area contributed by atoms with Crippen molar-refractivity contribution in [2.45, 2.75) is 0 Å². The summed E-state index contributed by atoms with van der Waals surface area (Å²) < 4.78 is 10.9. The summed E-state index contributed by atoms with van der Waals surface area (Å²) in [6, 6.07) is 4.98. The van der Waals surface area contributed by atoms with Gasteiger partial charge in [-0.3, -0.25) is 9.69 Å². The second kappa shape index (κ2) is 7.84. The lowest BCUT2D eigenvalue weighted by Crippen LogP contribution is -2.38. The van der Waals surface area contributed by atoms with Crippen LogP contribution in [-0.4, -0.2) is 56.0 Å². The lowest BCUT2D eigenvalue weighted by atomic mass is 10.1. The fourth-order valence-corrected chi connectivity index (χ4v) is 2.37. The minimum absolute atomic E-state index is 0.0481. The first-order chi connectivity index (χ1) is 9.70. The van der Waals surface area contributed by atoms with Gasteiger partial charge in [0.2, 0.25) is 0 Å². The van der Waals surface area contributed by atoms with Crippen molar-refractivity contribution < 1.29 is 14.3 Å². The van der Waals surface area contributed by atoms with E-state index in [1.807, 2.05) is 0 Å². The molecule has 1 saturated heterocycles. The highest BCUT2D eigenvalue weighted by atomic mass is 35.5. The number of carbonyl (C=O) groups excluding carboxylic acids is 1. The van der Waals surface area contributed by atoms with E-state index in [1.54, 1.807) is 18.2 Å². The molecule has 6 heteroatoms. The molecule has 20 heavy (non-hydrogen) atoms. The van der Waals surface area contributed by atoms with Crippen molar-refractivity contribution in [1.82, 2.24) is 4.90 Å². The second-order valence-electron chi connectivity index (χ2n) is 4.50. The number of morpholine rings is 1. The fourth-order valence-electron chi connectivity index (χ4n) is 1.98. The Kier molecular flexibility index (Phi) is 6.10. The van der Waals surface area contributed by atoms with Crippen LogP contribution in [0.3, 0.4) is 0 Å². The van der Waals surface area contributed by atoms with Crippen LogP contribution >= 0.6 is 23.2 Å². The third-order valence-electron chi connectivity index (χ3n) is 3.14. The number of nitrogens with zero attached hydrogens (tertiary/aromatic N) is 1. The Morgan fingerprint density at radius 3 is 2.75 bits per heavy atom. The summed E-state index contributed by atoms with van der Waals surface area (Å²) >= 11 is 11.6. The number of benzene rings is 1. The molecule has 0 spiro atoms. The molecule has 4 nitrogen and oxygen atoms in total. The van der Waals surface area contributed by atoms with E-state index in [9.17, 15) is 4.79 Å². The summed E-state index contributed by atoms with van der Waals surface area (Å²) in [4.78, 5) is 13.7. The van der Waals surface area contributed by atoms with E-state index in [0.29, 0.717) is 22.9 Å². The van der Waals surface area contributed by atoms with Crippen molar-refractivity contribution in [3.63, 3.8) is 0 Å². The molecular formula is C14H17Cl2NO3. The van der Waals surface area contributed by atoms with Crippen LogP contribution in [0.5, 0.6) is 5.75 Å². The molecule has 0 unspecified atom stereocenters. The van der Waals surface area contributed by atoms with Crippen LogP contribution in [0.2, 0.25) is 5.02 Å². The molecule has 0 amide bonds. The molecule has 0 aliphatic carbocycles. The number of hydrogen-bond donors (Lipinski definition) is 0. The van der Waals surface area contributed by atoms with Gasteiger partial charge >= 0.3 is 0 Å². The lowest BCUT2D eigenvalue weighted by Gasteiger charge is -2.26. The maximum atomic E-state index is 11.4. The molecule has 0 bridgehead atoms. The maximum absolute atomic E-state index is 11.4. The van der Waals surface area contributed by atoms with E-state index in [2.05, 4.69) is 4.90 Å². The molecule has 1 heterocycles. The maximum Gasteiger partial charge on any atom is 0.177 e. The highest BCUT2D eigenvalue weighted by Gasteiger charge is 2.11. The molecule has 2 rings (SSSR count). The van der Waals surface area contributed by atoms with Gasteiger partial charge < -0.3 is 9.47 Å². The van der Waals surface area contributed by atoms with Crippen molar-refractivity contribution in [2.75, 3.05) is 45.3 Å². The summed E-state index contributed by atoms with van der Waals surface area (Å²) in [6.45, 7) is 4.80. The van der Waals surface area contributed by atoms with Gasteiger partial charge in [-0.2, -0.15) is 0 Å². The van der Waals surface area contributed by atoms with Crippen LogP contribution in [0.1, 0.15) is 10.4 Å². The largest absolute Gasteiger partial charge is 0.491 e. The third-order valence-corrected chi connectivity index (χ3v) is 3.68. The monoisotopic (exact) mass is 317 g/mol. The predicted octanol–water partition coefficient (Wildman–Crippen LogP) is 2.47. The quantitative estimate of drug-likeness (QED) is 0.597. The van der Waals surface area contributed by atoms with Gasteiger partial charge in [0.05, 0.1) is 24.1 Å². The minimum atomic E-state index is -0.145. The second-order valence-corrected chi connectivity index (χ2v) is 5.18. The van der Waals surface area contributed by atoms with Gasteiger partial charge in [0.1, 0.15) is 12.4 Å². The first-order valence-corrected chi connectivity index (χ1v) is 7.43. The van der Waals surface area contributed by atoms with E-state index in [-0.39, 0.29) is 11.7 Å². The van der Waals surface area contributed by atoms with E-state index >= 15 is 0 Å². The third kappa shape index (κ3) is 4.35. The van der Waals surface area contributed by atoms with Gasteiger partial charge in [0, 0.05) is 25.2 Å². The molecule has 0 radical (unpaired) electrons. The van der Waals surface area contributed by atoms with Crippen molar-refractivity contribution in [1.29, 1.82) is 0 Å². The van der Waals surface area contributed by atoms with Crippen LogP contribution < -0.4 is 4.74 Å². The van der Waals surface area contributed by atoms with E-state index in [1.165, 1.54) is 0 Å². The van der Waals surface area contributed by atoms with Crippen molar-refractivity contribution in [3.8, 4) is 5.75 Å². The molecule has 0 aromatic heterocycles. The summed E-state index contributed by atoms with van der Waals surface area (Å²) in [6.07, 6.45) is 0. The Hall–Kier alpha value is -0.810. The average Bonchev–Trinajstić information content (AvgIpc) is 2.49. The lowest BCUT2D eigenvalue weighted by molar-refractivity contribution is 0.0322. The molecule has 1 aromatic rings. The van der Waals surface area contributed by atoms with Crippen molar-refractivity contribution >= 4 is 29.0 Å². The Bertz CT molecular complexity index is 462. The SMILES string of the molecule is O=C(CCl)c1ccc(OCCN2CCOCC2)c(Cl)c1. The number of carbonyl (C=O) groups is 1. The van der Waals surface area contributed by atoms with Crippen LogP contribution in [0.25, 0.3) is 0 Å². The van der Waals surface area contributed by atoms with Gasteiger partial charge in [0.15, 0.2) is 5.78 Å². The summed E-state index contributed by atoms with van der Waals surface area (Å²) in [5, 5.41) is 0.433. The van der Waals surface area contributed by atoms with Crippen LogP contribution in [0, 0.1) is 0 Å². The average molecular weight is 318 g/mol. The molecule has 0 atom stereocenters. The molecular weight excluding hydrogens is 301 g/mol. The van der Waals surface area contributed by atoms with Gasteiger partial charge in [-0.25, -0.2) is 0 Å². The number of alkyl halides is 1. The van der Waals surface area contributed by atoms with E-state index in [0.717, 1.165) is 32.8 Å². The van der Waals surface area contributed by atoms with E-state index < -0.39 is 0 Å². The summed E-state index contributed by atoms with van der Waals surface area (Å²) in [5.41, 5.74) is 0.505. The fraction of sp³-hybridized carbons (Fsp3) is 0.500. The Morgan fingerprint density at radius 2 is 2.10 bits per heavy atom. The number of hydrogen-bond acceptors (Lipinski definition) is 4. The summed E-state index contributed by atoms with van der Waals surface area (Å²) in [5.74, 6) is 0.396. The van der Waals surface area contributed by atoms with Crippen molar-refractivity contribution in [3.05, 3.63) is 28.8 Å². The topological polar surface area (TPSA) is 38.8 Å². The zero-order valence-corrected chi connectivity index (χ0v) is 12.6. The number of ketones is 1. The van der Waals surface area contributed by atoms with Gasteiger partial charge in [-0.15, -0.1) is 11.6 Å². The number of ether oxygens (including phenoxy) is 2. The van der Waals surface area contributed by atoms with Crippen LogP contribution in [-0.2, 0) is 4.74 Å². The van der Waals surface area contributed by atoms with Gasteiger partial charge in [-0.1, -0.05) is 11.6 Å². The highest BCUT2D eigenvalue weighted by Crippen LogP contribution is 2.25. The van der Waals surface area contributed by atoms with Crippen molar-refractivity contribution in [2.24, 2.45) is 0 Å². The smallest absolute Gasteiger partial charge is 0.177 e. The van der Waals surface area contributed by atoms with Crippen LogP contribution in [0.15, 0.2) is 18.2 Å². The number of Topliss-reactive ketones (excluding diaryl/α,β-unsaturated/α-hetero) is 1. The molecule has 1 aliphatic heterocycles.